The maximum Gasteiger partial charge on any atom is 0.272 e. The Morgan fingerprint density at radius 1 is 1.19 bits per heavy atom. The van der Waals surface area contributed by atoms with Crippen molar-refractivity contribution in [2.45, 2.75) is 38.5 Å². The molecule has 4 heteroatoms. The topological polar surface area (TPSA) is 53.4 Å². The van der Waals surface area contributed by atoms with E-state index >= 15 is 0 Å². The fraction of sp³-hybridized carbons (Fsp3) is 0.529. The molecule has 1 aromatic rings. The SMILES string of the molecule is O=C(c1ccc(C#CCCO)cn1)N1CCCCCCC1. The van der Waals surface area contributed by atoms with Crippen molar-refractivity contribution in [3.8, 4) is 11.8 Å². The summed E-state index contributed by atoms with van der Waals surface area (Å²) in [5.74, 6) is 5.78. The first-order valence-corrected chi connectivity index (χ1v) is 7.66. The maximum absolute atomic E-state index is 12.4. The average molecular weight is 286 g/mol. The van der Waals surface area contributed by atoms with Crippen LogP contribution in [0.15, 0.2) is 18.3 Å². The number of carbonyl (C=O) groups is 1. The van der Waals surface area contributed by atoms with Gasteiger partial charge in [-0.15, -0.1) is 0 Å². The highest BCUT2D eigenvalue weighted by molar-refractivity contribution is 5.92. The molecule has 1 aromatic heterocycles. The molecule has 0 unspecified atom stereocenters. The lowest BCUT2D eigenvalue weighted by molar-refractivity contribution is 0.0736. The number of hydrogen-bond acceptors (Lipinski definition) is 3. The van der Waals surface area contributed by atoms with Crippen molar-refractivity contribution in [2.24, 2.45) is 0 Å². The van der Waals surface area contributed by atoms with Crippen molar-refractivity contribution >= 4 is 5.91 Å². The van der Waals surface area contributed by atoms with Crippen LogP contribution in [-0.2, 0) is 0 Å². The molecule has 1 saturated heterocycles. The molecule has 0 atom stereocenters. The van der Waals surface area contributed by atoms with Crippen molar-refractivity contribution in [1.29, 1.82) is 0 Å². The molecule has 4 nitrogen and oxygen atoms in total. The van der Waals surface area contributed by atoms with Gasteiger partial charge in [0.05, 0.1) is 6.61 Å². The molecule has 0 aliphatic carbocycles. The van der Waals surface area contributed by atoms with E-state index in [0.717, 1.165) is 31.5 Å². The lowest BCUT2D eigenvalue weighted by atomic mass is 10.1. The first kappa shape index (κ1) is 15.5. The zero-order chi connectivity index (χ0) is 14.9. The maximum atomic E-state index is 12.4. The number of hydrogen-bond donors (Lipinski definition) is 1. The Morgan fingerprint density at radius 3 is 2.52 bits per heavy atom. The van der Waals surface area contributed by atoms with Gasteiger partial charge < -0.3 is 10.0 Å². The van der Waals surface area contributed by atoms with E-state index in [1.807, 2.05) is 11.0 Å². The molecular weight excluding hydrogens is 264 g/mol. The Bertz CT molecular complexity index is 506. The van der Waals surface area contributed by atoms with Crippen LogP contribution >= 0.6 is 0 Å². The summed E-state index contributed by atoms with van der Waals surface area (Å²) in [7, 11) is 0. The molecule has 2 heterocycles. The average Bonchev–Trinajstić information content (AvgIpc) is 2.47. The van der Waals surface area contributed by atoms with Gasteiger partial charge >= 0.3 is 0 Å². The summed E-state index contributed by atoms with van der Waals surface area (Å²) in [4.78, 5) is 18.6. The largest absolute Gasteiger partial charge is 0.395 e. The highest BCUT2D eigenvalue weighted by Gasteiger charge is 2.17. The lowest BCUT2D eigenvalue weighted by Gasteiger charge is -2.24. The molecule has 1 fully saturated rings. The van der Waals surface area contributed by atoms with Crippen LogP contribution in [0.3, 0.4) is 0 Å². The Labute approximate surface area is 126 Å². The molecule has 112 valence electrons. The minimum absolute atomic E-state index is 0.0202. The second-order valence-electron chi connectivity index (χ2n) is 5.27. The van der Waals surface area contributed by atoms with Crippen molar-refractivity contribution in [3.05, 3.63) is 29.6 Å². The zero-order valence-electron chi connectivity index (χ0n) is 12.3. The summed E-state index contributed by atoms with van der Waals surface area (Å²) < 4.78 is 0. The van der Waals surface area contributed by atoms with Gasteiger partial charge in [0.2, 0.25) is 0 Å². The van der Waals surface area contributed by atoms with Gasteiger partial charge in [-0.25, -0.2) is 4.98 Å². The van der Waals surface area contributed by atoms with E-state index in [4.69, 9.17) is 5.11 Å². The molecule has 1 aliphatic rings. The van der Waals surface area contributed by atoms with Gasteiger partial charge in [-0.05, 0) is 25.0 Å². The van der Waals surface area contributed by atoms with E-state index in [9.17, 15) is 4.79 Å². The highest BCUT2D eigenvalue weighted by Crippen LogP contribution is 2.13. The predicted molar refractivity (Wildman–Crippen MR) is 81.8 cm³/mol. The van der Waals surface area contributed by atoms with Gasteiger partial charge in [0, 0.05) is 31.3 Å². The highest BCUT2D eigenvalue weighted by atomic mass is 16.2. The van der Waals surface area contributed by atoms with E-state index in [-0.39, 0.29) is 12.5 Å². The summed E-state index contributed by atoms with van der Waals surface area (Å²) in [5, 5.41) is 8.68. The Balaban J connectivity index is 2.00. The molecule has 2 rings (SSSR count). The molecular formula is C17H22N2O2. The summed E-state index contributed by atoms with van der Waals surface area (Å²) in [6.07, 6.45) is 7.93. The van der Waals surface area contributed by atoms with Crippen LogP contribution in [0.25, 0.3) is 0 Å². The number of carbonyl (C=O) groups excluding carboxylic acids is 1. The standard InChI is InChI=1S/C17H22N2O2/c20-13-7-4-8-15-9-10-16(18-14-15)17(21)19-11-5-2-1-3-6-12-19/h9-10,14,20H,1-3,5-7,11-13H2. The van der Waals surface area contributed by atoms with Gasteiger partial charge in [-0.1, -0.05) is 31.1 Å². The normalized spacial score (nSPS) is 15.6. The molecule has 0 aromatic carbocycles. The quantitative estimate of drug-likeness (QED) is 0.848. The summed E-state index contributed by atoms with van der Waals surface area (Å²) in [6, 6.07) is 3.55. The fourth-order valence-corrected chi connectivity index (χ4v) is 2.43. The van der Waals surface area contributed by atoms with Gasteiger partial charge in [0.15, 0.2) is 0 Å². The van der Waals surface area contributed by atoms with Crippen LogP contribution in [0.2, 0.25) is 0 Å². The number of pyridine rings is 1. The number of aliphatic hydroxyl groups excluding tert-OH is 1. The number of aromatic nitrogens is 1. The first-order chi connectivity index (χ1) is 10.3. The second kappa shape index (κ2) is 8.43. The molecule has 0 spiro atoms. The third kappa shape index (κ3) is 4.87. The van der Waals surface area contributed by atoms with Crippen LogP contribution in [0.4, 0.5) is 0 Å². The van der Waals surface area contributed by atoms with E-state index < -0.39 is 0 Å². The summed E-state index contributed by atoms with van der Waals surface area (Å²) in [5.41, 5.74) is 1.26. The number of nitrogens with zero attached hydrogens (tertiary/aromatic N) is 2. The molecule has 0 bridgehead atoms. The van der Waals surface area contributed by atoms with Crippen LogP contribution < -0.4 is 0 Å². The number of amides is 1. The van der Waals surface area contributed by atoms with Crippen molar-refractivity contribution in [1.82, 2.24) is 9.88 Å². The zero-order valence-corrected chi connectivity index (χ0v) is 12.3. The van der Waals surface area contributed by atoms with Crippen molar-refractivity contribution < 1.29 is 9.90 Å². The summed E-state index contributed by atoms with van der Waals surface area (Å²) >= 11 is 0. The van der Waals surface area contributed by atoms with E-state index in [1.54, 1.807) is 12.3 Å². The first-order valence-electron chi connectivity index (χ1n) is 7.66. The lowest BCUT2D eigenvalue weighted by Crippen LogP contribution is -2.34. The molecule has 1 aliphatic heterocycles. The van der Waals surface area contributed by atoms with E-state index in [2.05, 4.69) is 16.8 Å². The van der Waals surface area contributed by atoms with Gasteiger partial charge in [0.1, 0.15) is 5.69 Å². The molecule has 0 saturated carbocycles. The molecule has 21 heavy (non-hydrogen) atoms. The number of likely N-dealkylation sites (tertiary alicyclic amines) is 1. The van der Waals surface area contributed by atoms with Crippen molar-refractivity contribution in [2.75, 3.05) is 19.7 Å². The van der Waals surface area contributed by atoms with Crippen molar-refractivity contribution in [3.63, 3.8) is 0 Å². The number of aliphatic hydroxyl groups is 1. The van der Waals surface area contributed by atoms with Crippen LogP contribution in [-0.4, -0.2) is 40.6 Å². The molecule has 0 radical (unpaired) electrons. The Morgan fingerprint density at radius 2 is 1.90 bits per heavy atom. The molecule has 1 amide bonds. The number of rotatable bonds is 2. The van der Waals surface area contributed by atoms with Gasteiger partial charge in [-0.2, -0.15) is 0 Å². The van der Waals surface area contributed by atoms with Crippen LogP contribution in [0, 0.1) is 11.8 Å². The van der Waals surface area contributed by atoms with Crippen LogP contribution in [0.1, 0.15) is 54.6 Å². The van der Waals surface area contributed by atoms with Gasteiger partial charge in [-0.3, -0.25) is 4.79 Å². The second-order valence-corrected chi connectivity index (χ2v) is 5.27. The van der Waals surface area contributed by atoms with Crippen LogP contribution in [0.5, 0.6) is 0 Å². The van der Waals surface area contributed by atoms with E-state index in [1.165, 1.54) is 19.3 Å². The molecule has 1 N–H and O–H groups in total. The smallest absolute Gasteiger partial charge is 0.272 e. The monoisotopic (exact) mass is 286 g/mol. The predicted octanol–water partition coefficient (Wildman–Crippen LogP) is 2.22. The Hall–Kier alpha value is -1.86. The third-order valence-electron chi connectivity index (χ3n) is 3.60. The van der Waals surface area contributed by atoms with Gasteiger partial charge in [0.25, 0.3) is 5.91 Å². The Kier molecular flexibility index (Phi) is 6.23. The minimum Gasteiger partial charge on any atom is -0.395 e. The summed E-state index contributed by atoms with van der Waals surface area (Å²) in [6.45, 7) is 1.73. The van der Waals surface area contributed by atoms with E-state index in [0.29, 0.717) is 12.1 Å². The minimum atomic E-state index is 0.0202. The third-order valence-corrected chi connectivity index (χ3v) is 3.60. The fourth-order valence-electron chi connectivity index (χ4n) is 2.43.